The average molecular weight is 232 g/mol. The van der Waals surface area contributed by atoms with Gasteiger partial charge >= 0.3 is 7.60 Å². The highest BCUT2D eigenvalue weighted by atomic mass is 31.2. The van der Waals surface area contributed by atoms with Crippen LogP contribution in [0.5, 0.6) is 0 Å². The van der Waals surface area contributed by atoms with Gasteiger partial charge in [0.2, 0.25) is 0 Å². The third-order valence-corrected chi connectivity index (χ3v) is 3.78. The van der Waals surface area contributed by atoms with Crippen molar-refractivity contribution in [2.75, 3.05) is 19.4 Å². The summed E-state index contributed by atoms with van der Waals surface area (Å²) < 4.78 is 22.3. The van der Waals surface area contributed by atoms with Crippen molar-refractivity contribution in [2.24, 2.45) is 0 Å². The average Bonchev–Trinajstić information content (AvgIpc) is 2.18. The predicted molar refractivity (Wildman–Crippen MR) is 64.3 cm³/mol. The molecule has 3 nitrogen and oxygen atoms in total. The van der Waals surface area contributed by atoms with Crippen molar-refractivity contribution in [3.63, 3.8) is 0 Å². The van der Waals surface area contributed by atoms with E-state index in [4.69, 9.17) is 9.05 Å². The second-order valence-corrected chi connectivity index (χ2v) is 5.17. The Morgan fingerprint density at radius 2 is 1.80 bits per heavy atom. The molecule has 0 radical (unpaired) electrons. The number of allylic oxidation sites excluding steroid dienone is 4. The monoisotopic (exact) mass is 232 g/mol. The Morgan fingerprint density at radius 3 is 2.20 bits per heavy atom. The van der Waals surface area contributed by atoms with Crippen LogP contribution in [-0.4, -0.2) is 19.4 Å². The fraction of sp³-hybridized carbons (Fsp3) is 0.636. The minimum absolute atomic E-state index is 0.333. The first-order valence-electron chi connectivity index (χ1n) is 5.25. The lowest BCUT2D eigenvalue weighted by atomic mass is 10.3. The first-order chi connectivity index (χ1) is 7.08. The van der Waals surface area contributed by atoms with Gasteiger partial charge < -0.3 is 9.05 Å². The van der Waals surface area contributed by atoms with Gasteiger partial charge in [-0.3, -0.25) is 4.57 Å². The van der Waals surface area contributed by atoms with Crippen LogP contribution in [0, 0.1) is 0 Å². The summed E-state index contributed by atoms with van der Waals surface area (Å²) in [6.07, 6.45) is 6.08. The van der Waals surface area contributed by atoms with Crippen LogP contribution in [0.15, 0.2) is 23.8 Å². The van der Waals surface area contributed by atoms with Crippen LogP contribution in [0.25, 0.3) is 0 Å². The van der Waals surface area contributed by atoms with E-state index in [1.165, 1.54) is 0 Å². The van der Waals surface area contributed by atoms with Crippen LogP contribution >= 0.6 is 7.60 Å². The van der Waals surface area contributed by atoms with Gasteiger partial charge in [-0.05, 0) is 27.7 Å². The normalized spacial score (nSPS) is 13.7. The Hall–Kier alpha value is -0.370. The molecule has 0 aromatic rings. The maximum absolute atomic E-state index is 12.0. The Morgan fingerprint density at radius 1 is 1.27 bits per heavy atom. The van der Waals surface area contributed by atoms with Gasteiger partial charge in [-0.15, -0.1) is 0 Å². The van der Waals surface area contributed by atoms with E-state index in [2.05, 4.69) is 0 Å². The van der Waals surface area contributed by atoms with Gasteiger partial charge in [-0.1, -0.05) is 23.8 Å². The largest absolute Gasteiger partial charge is 0.334 e. The lowest BCUT2D eigenvalue weighted by Gasteiger charge is -2.14. The van der Waals surface area contributed by atoms with Gasteiger partial charge in [-0.2, -0.15) is 0 Å². The molecular formula is C11H21O3P. The fourth-order valence-electron chi connectivity index (χ4n) is 1.000. The zero-order valence-corrected chi connectivity index (χ0v) is 10.9. The highest BCUT2D eigenvalue weighted by molar-refractivity contribution is 7.54. The van der Waals surface area contributed by atoms with E-state index in [1.807, 2.05) is 45.9 Å². The third kappa shape index (κ3) is 6.67. The van der Waals surface area contributed by atoms with Crippen LogP contribution < -0.4 is 0 Å². The quantitative estimate of drug-likeness (QED) is 0.495. The minimum Gasteiger partial charge on any atom is -0.309 e. The summed E-state index contributed by atoms with van der Waals surface area (Å²) in [6.45, 7) is 8.40. The van der Waals surface area contributed by atoms with Crippen molar-refractivity contribution >= 4 is 7.60 Å². The van der Waals surface area contributed by atoms with Crippen molar-refractivity contribution in [3.8, 4) is 0 Å². The van der Waals surface area contributed by atoms with Gasteiger partial charge in [0.25, 0.3) is 0 Å². The minimum atomic E-state index is -2.90. The summed E-state index contributed by atoms with van der Waals surface area (Å²) >= 11 is 0. The zero-order valence-electron chi connectivity index (χ0n) is 10.0. The summed E-state index contributed by atoms with van der Waals surface area (Å²) in [6, 6.07) is 0. The molecule has 0 fully saturated rings. The van der Waals surface area contributed by atoms with E-state index in [0.717, 1.165) is 5.57 Å². The molecule has 0 unspecified atom stereocenters. The number of hydrogen-bond donors (Lipinski definition) is 0. The maximum atomic E-state index is 12.0. The summed E-state index contributed by atoms with van der Waals surface area (Å²) in [5.41, 5.74) is 1.13. The third-order valence-electron chi connectivity index (χ3n) is 1.82. The van der Waals surface area contributed by atoms with E-state index in [1.54, 1.807) is 0 Å². The van der Waals surface area contributed by atoms with Crippen molar-refractivity contribution in [1.29, 1.82) is 0 Å². The van der Waals surface area contributed by atoms with Crippen molar-refractivity contribution in [1.82, 2.24) is 0 Å². The highest BCUT2D eigenvalue weighted by Crippen LogP contribution is 2.47. The van der Waals surface area contributed by atoms with Crippen LogP contribution in [0.2, 0.25) is 0 Å². The molecule has 0 rings (SSSR count). The molecule has 0 aliphatic rings. The molecule has 0 N–H and O–H groups in total. The molecule has 0 spiro atoms. The molecule has 15 heavy (non-hydrogen) atoms. The van der Waals surface area contributed by atoms with Crippen LogP contribution in [0.1, 0.15) is 27.7 Å². The molecule has 0 aromatic carbocycles. The molecule has 0 bridgehead atoms. The summed E-state index contributed by atoms with van der Waals surface area (Å²) in [5.74, 6) is 0. The SMILES string of the molecule is C/C=C(C)/C=C/CP(=O)(OCC)OCC. The standard InChI is InChI=1S/C11H21O3P/c1-5-11(4)9-8-10-15(12,13-6-2)14-7-3/h5,8-9H,6-7,10H2,1-4H3/b9-8+,11-5+. The van der Waals surface area contributed by atoms with Gasteiger partial charge in [-0.25, -0.2) is 0 Å². The van der Waals surface area contributed by atoms with Gasteiger partial charge in [0.1, 0.15) is 0 Å². The molecule has 0 saturated carbocycles. The Balaban J connectivity index is 4.30. The Bertz CT molecular complexity index is 259. The van der Waals surface area contributed by atoms with E-state index in [0.29, 0.717) is 19.4 Å². The van der Waals surface area contributed by atoms with E-state index in [-0.39, 0.29) is 0 Å². The molecule has 0 atom stereocenters. The van der Waals surface area contributed by atoms with Crippen molar-refractivity contribution < 1.29 is 13.6 Å². The highest BCUT2D eigenvalue weighted by Gasteiger charge is 2.20. The van der Waals surface area contributed by atoms with Crippen LogP contribution in [0.3, 0.4) is 0 Å². The number of rotatable bonds is 7. The Labute approximate surface area is 92.7 Å². The van der Waals surface area contributed by atoms with Gasteiger partial charge in [0.05, 0.1) is 19.4 Å². The van der Waals surface area contributed by atoms with Gasteiger partial charge in [0, 0.05) is 0 Å². The first kappa shape index (κ1) is 14.6. The number of hydrogen-bond acceptors (Lipinski definition) is 3. The maximum Gasteiger partial charge on any atom is 0.334 e. The molecule has 0 aliphatic heterocycles. The zero-order chi connectivity index (χ0) is 11.7. The molecular weight excluding hydrogens is 211 g/mol. The lowest BCUT2D eigenvalue weighted by molar-refractivity contribution is 0.222. The van der Waals surface area contributed by atoms with E-state index < -0.39 is 7.60 Å². The lowest BCUT2D eigenvalue weighted by Crippen LogP contribution is -1.98. The van der Waals surface area contributed by atoms with Crippen molar-refractivity contribution in [2.45, 2.75) is 27.7 Å². The smallest absolute Gasteiger partial charge is 0.309 e. The summed E-state index contributed by atoms with van der Waals surface area (Å²) in [4.78, 5) is 0. The predicted octanol–water partition coefficient (Wildman–Crippen LogP) is 3.77. The van der Waals surface area contributed by atoms with E-state index >= 15 is 0 Å². The van der Waals surface area contributed by atoms with Gasteiger partial charge in [0.15, 0.2) is 0 Å². The van der Waals surface area contributed by atoms with E-state index in [9.17, 15) is 4.57 Å². The van der Waals surface area contributed by atoms with Crippen LogP contribution in [0.4, 0.5) is 0 Å². The summed E-state index contributed by atoms with van der Waals surface area (Å²) in [7, 11) is -2.90. The van der Waals surface area contributed by atoms with Crippen molar-refractivity contribution in [3.05, 3.63) is 23.8 Å². The van der Waals surface area contributed by atoms with Crippen LogP contribution in [-0.2, 0) is 13.6 Å². The molecule has 88 valence electrons. The molecule has 4 heteroatoms. The first-order valence-corrected chi connectivity index (χ1v) is 6.98. The topological polar surface area (TPSA) is 35.5 Å². The molecule has 0 aromatic heterocycles. The second-order valence-electron chi connectivity index (χ2n) is 3.06. The molecule has 0 amide bonds. The fourth-order valence-corrected chi connectivity index (χ4v) is 2.44. The second kappa shape index (κ2) is 7.86. The Kier molecular flexibility index (Phi) is 7.67. The summed E-state index contributed by atoms with van der Waals surface area (Å²) in [5, 5.41) is 0. The molecule has 0 saturated heterocycles. The molecule has 0 heterocycles. The molecule has 0 aliphatic carbocycles.